The third-order valence-electron chi connectivity index (χ3n) is 4.80. The van der Waals surface area contributed by atoms with Crippen LogP contribution in [0.1, 0.15) is 17.0 Å². The van der Waals surface area contributed by atoms with E-state index in [-0.39, 0.29) is 29.0 Å². The van der Waals surface area contributed by atoms with E-state index in [1.807, 2.05) is 0 Å². The van der Waals surface area contributed by atoms with Gasteiger partial charge in [-0.1, -0.05) is 28.8 Å². The van der Waals surface area contributed by atoms with Crippen molar-refractivity contribution in [2.75, 3.05) is 7.11 Å². The van der Waals surface area contributed by atoms with E-state index in [0.717, 1.165) is 5.56 Å². The topological polar surface area (TPSA) is 69.4 Å². The van der Waals surface area contributed by atoms with Gasteiger partial charge in [0.15, 0.2) is 11.5 Å². The predicted molar refractivity (Wildman–Crippen MR) is 115 cm³/mol. The minimum atomic E-state index is -0.498. The molecule has 0 unspecified atom stereocenters. The normalized spacial score (nSPS) is 10.9. The molecule has 1 heterocycles. The lowest BCUT2D eigenvalue weighted by Gasteiger charge is -2.12. The summed E-state index contributed by atoms with van der Waals surface area (Å²) in [7, 11) is 1.46. The molecule has 0 aliphatic carbocycles. The second-order valence-corrected chi connectivity index (χ2v) is 7.29. The third-order valence-corrected chi connectivity index (χ3v) is 5.15. The Labute approximate surface area is 187 Å². The van der Waals surface area contributed by atoms with E-state index < -0.39 is 11.6 Å². The number of phenolic OH excluding ortho intramolecular Hbond substituents is 1. The number of benzene rings is 3. The van der Waals surface area contributed by atoms with Crippen LogP contribution in [0.2, 0.25) is 5.02 Å². The zero-order chi connectivity index (χ0) is 22.7. The van der Waals surface area contributed by atoms with Crippen LogP contribution in [0.3, 0.4) is 0 Å². The summed E-state index contributed by atoms with van der Waals surface area (Å²) in [4.78, 5) is 0. The van der Waals surface area contributed by atoms with Crippen LogP contribution in [0.15, 0.2) is 60.7 Å². The van der Waals surface area contributed by atoms with E-state index >= 15 is 0 Å². The SMILES string of the molecule is COc1cc(Cc2nnc(OCc3c(F)cccc3Cl)n2-c2ccc(F)cc2)ccc1O. The number of aromatic hydroxyl groups is 1. The molecule has 9 heteroatoms. The van der Waals surface area contributed by atoms with Crippen molar-refractivity contribution in [1.82, 2.24) is 14.8 Å². The fraction of sp³-hybridized carbons (Fsp3) is 0.130. The second kappa shape index (κ2) is 9.23. The van der Waals surface area contributed by atoms with Crippen molar-refractivity contribution in [3.63, 3.8) is 0 Å². The minimum absolute atomic E-state index is 0.0158. The zero-order valence-corrected chi connectivity index (χ0v) is 17.7. The zero-order valence-electron chi connectivity index (χ0n) is 16.9. The summed E-state index contributed by atoms with van der Waals surface area (Å²) in [5.74, 6) is -0.0731. The Morgan fingerprint density at radius 3 is 2.53 bits per heavy atom. The number of ether oxygens (including phenoxy) is 2. The number of aromatic nitrogens is 3. The molecule has 6 nitrogen and oxygen atoms in total. The number of hydrogen-bond donors (Lipinski definition) is 1. The molecule has 0 spiro atoms. The molecule has 1 aromatic heterocycles. The van der Waals surface area contributed by atoms with Gasteiger partial charge in [0.1, 0.15) is 24.1 Å². The first kappa shape index (κ1) is 21.6. The van der Waals surface area contributed by atoms with Gasteiger partial charge >= 0.3 is 6.01 Å². The highest BCUT2D eigenvalue weighted by Gasteiger charge is 2.18. The maximum atomic E-state index is 14.1. The number of hydrogen-bond acceptors (Lipinski definition) is 5. The Hall–Kier alpha value is -3.65. The number of halogens is 3. The summed E-state index contributed by atoms with van der Waals surface area (Å²) in [6.07, 6.45) is 0.310. The molecule has 3 aromatic carbocycles. The molecule has 1 N–H and O–H groups in total. The monoisotopic (exact) mass is 457 g/mol. The van der Waals surface area contributed by atoms with Crippen LogP contribution in [0.5, 0.6) is 17.5 Å². The van der Waals surface area contributed by atoms with E-state index in [1.54, 1.807) is 34.9 Å². The highest BCUT2D eigenvalue weighted by Crippen LogP contribution is 2.29. The van der Waals surface area contributed by atoms with Crippen LogP contribution in [-0.4, -0.2) is 27.0 Å². The smallest absolute Gasteiger partial charge is 0.322 e. The van der Waals surface area contributed by atoms with Crippen LogP contribution >= 0.6 is 11.6 Å². The molecule has 4 aromatic rings. The first-order chi connectivity index (χ1) is 15.5. The lowest BCUT2D eigenvalue weighted by atomic mass is 10.1. The maximum Gasteiger partial charge on any atom is 0.322 e. The van der Waals surface area contributed by atoms with Crippen LogP contribution in [0.4, 0.5) is 8.78 Å². The highest BCUT2D eigenvalue weighted by atomic mass is 35.5. The van der Waals surface area contributed by atoms with Gasteiger partial charge in [0.25, 0.3) is 0 Å². The molecular weight excluding hydrogens is 440 g/mol. The summed E-state index contributed by atoms with van der Waals surface area (Å²) in [5.41, 5.74) is 1.54. The Balaban J connectivity index is 1.69. The Morgan fingerprint density at radius 2 is 1.81 bits per heavy atom. The molecule has 32 heavy (non-hydrogen) atoms. The molecular formula is C23H18ClF2N3O3. The van der Waals surface area contributed by atoms with E-state index in [9.17, 15) is 13.9 Å². The number of rotatable bonds is 7. The highest BCUT2D eigenvalue weighted by molar-refractivity contribution is 6.31. The maximum absolute atomic E-state index is 14.1. The molecule has 0 radical (unpaired) electrons. The summed E-state index contributed by atoms with van der Waals surface area (Å²) in [5, 5.41) is 18.4. The number of methoxy groups -OCH3 is 1. The molecule has 0 aliphatic rings. The first-order valence-corrected chi connectivity index (χ1v) is 9.96. The average Bonchev–Trinajstić information content (AvgIpc) is 3.17. The van der Waals surface area contributed by atoms with Crippen molar-refractivity contribution in [3.05, 3.63) is 94.3 Å². The summed E-state index contributed by atoms with van der Waals surface area (Å²) >= 11 is 6.09. The van der Waals surface area contributed by atoms with Gasteiger partial charge in [-0.15, -0.1) is 5.10 Å². The van der Waals surface area contributed by atoms with Crippen LogP contribution in [-0.2, 0) is 13.0 Å². The van der Waals surface area contributed by atoms with Crippen molar-refractivity contribution in [1.29, 1.82) is 0 Å². The van der Waals surface area contributed by atoms with Crippen molar-refractivity contribution >= 4 is 11.6 Å². The van der Waals surface area contributed by atoms with Gasteiger partial charge in [-0.2, -0.15) is 0 Å². The van der Waals surface area contributed by atoms with Crippen molar-refractivity contribution < 1.29 is 23.4 Å². The lowest BCUT2D eigenvalue weighted by Crippen LogP contribution is -2.07. The van der Waals surface area contributed by atoms with Crippen LogP contribution < -0.4 is 9.47 Å². The van der Waals surface area contributed by atoms with Gasteiger partial charge in [0.2, 0.25) is 0 Å². The van der Waals surface area contributed by atoms with E-state index in [4.69, 9.17) is 21.1 Å². The van der Waals surface area contributed by atoms with Gasteiger partial charge in [-0.3, -0.25) is 0 Å². The van der Waals surface area contributed by atoms with Crippen molar-refractivity contribution in [3.8, 4) is 23.2 Å². The first-order valence-electron chi connectivity index (χ1n) is 9.58. The van der Waals surface area contributed by atoms with Gasteiger partial charge in [-0.25, -0.2) is 13.3 Å². The minimum Gasteiger partial charge on any atom is -0.504 e. The van der Waals surface area contributed by atoms with E-state index in [1.165, 1.54) is 37.4 Å². The Morgan fingerprint density at radius 1 is 1.03 bits per heavy atom. The fourth-order valence-corrected chi connectivity index (χ4v) is 3.40. The molecule has 164 valence electrons. The quantitative estimate of drug-likeness (QED) is 0.419. The largest absolute Gasteiger partial charge is 0.504 e. The van der Waals surface area contributed by atoms with Crippen molar-refractivity contribution in [2.24, 2.45) is 0 Å². The molecule has 4 rings (SSSR count). The summed E-state index contributed by atoms with van der Waals surface area (Å²) in [6, 6.07) is 15.1. The Kier molecular flexibility index (Phi) is 6.23. The molecule has 0 saturated carbocycles. The summed E-state index contributed by atoms with van der Waals surface area (Å²) in [6.45, 7) is -0.169. The van der Waals surface area contributed by atoms with Crippen LogP contribution in [0, 0.1) is 11.6 Å². The number of phenols is 1. The van der Waals surface area contributed by atoms with Gasteiger partial charge in [-0.05, 0) is 54.1 Å². The van der Waals surface area contributed by atoms with E-state index in [2.05, 4.69) is 10.2 Å². The molecule has 0 amide bonds. The predicted octanol–water partition coefficient (Wildman–Crippen LogP) is 5.08. The standard InChI is InChI=1S/C23H18ClF2N3O3/c1-31-21-11-14(5-10-20(21)30)12-22-27-28-23(29(22)16-8-6-15(25)7-9-16)32-13-17-18(24)3-2-4-19(17)26/h2-11,30H,12-13H2,1H3. The fourth-order valence-electron chi connectivity index (χ4n) is 3.18. The molecule has 0 aliphatic heterocycles. The molecule has 0 fully saturated rings. The van der Waals surface area contributed by atoms with Crippen molar-refractivity contribution in [2.45, 2.75) is 13.0 Å². The average molecular weight is 458 g/mol. The summed E-state index contributed by atoms with van der Waals surface area (Å²) < 4.78 is 40.1. The molecule has 0 saturated heterocycles. The Bertz CT molecular complexity index is 1230. The van der Waals surface area contributed by atoms with E-state index in [0.29, 0.717) is 23.7 Å². The second-order valence-electron chi connectivity index (χ2n) is 6.88. The van der Waals surface area contributed by atoms with Gasteiger partial charge in [0, 0.05) is 12.0 Å². The third kappa shape index (κ3) is 4.50. The molecule has 0 bridgehead atoms. The van der Waals surface area contributed by atoms with Gasteiger partial charge in [0.05, 0.1) is 17.8 Å². The lowest BCUT2D eigenvalue weighted by molar-refractivity contribution is 0.269. The number of nitrogens with zero attached hydrogens (tertiary/aromatic N) is 3. The molecule has 0 atom stereocenters. The van der Waals surface area contributed by atoms with Crippen LogP contribution in [0.25, 0.3) is 5.69 Å². The van der Waals surface area contributed by atoms with Gasteiger partial charge < -0.3 is 14.6 Å².